The lowest BCUT2D eigenvalue weighted by Crippen LogP contribution is -2.58. The number of rotatable bonds is 8. The Hall–Kier alpha value is -2.87. The maximum Gasteiger partial charge on any atom is 0.416 e. The molecule has 2 aliphatic heterocycles. The molecule has 2 saturated heterocycles. The zero-order chi connectivity index (χ0) is 30.7. The van der Waals surface area contributed by atoms with Crippen molar-refractivity contribution in [2.75, 3.05) is 66.2 Å². The first-order valence-electron chi connectivity index (χ1n) is 13.7. The molecule has 2 atom stereocenters. The lowest BCUT2D eigenvalue weighted by Gasteiger charge is -2.43. The number of methoxy groups -OCH3 is 1. The molecule has 0 aromatic heterocycles. The lowest BCUT2D eigenvalue weighted by atomic mass is 9.98. The van der Waals surface area contributed by atoms with Gasteiger partial charge >= 0.3 is 12.4 Å². The van der Waals surface area contributed by atoms with E-state index in [4.69, 9.17) is 9.47 Å². The first-order valence-corrected chi connectivity index (χ1v) is 13.7. The number of amides is 1. The molecular weight excluding hydrogens is 568 g/mol. The number of phenolic OH excluding ortho intramolecular Hbond substituents is 1. The van der Waals surface area contributed by atoms with E-state index in [2.05, 4.69) is 9.80 Å². The van der Waals surface area contributed by atoms with Crippen molar-refractivity contribution in [1.82, 2.24) is 14.7 Å². The molecule has 1 N–H and O–H groups in total. The van der Waals surface area contributed by atoms with Crippen LogP contribution in [-0.4, -0.2) is 104 Å². The molecule has 13 heteroatoms. The number of nitrogens with zero attached hydrogens (tertiary/aromatic N) is 3. The summed E-state index contributed by atoms with van der Waals surface area (Å²) in [6.07, 6.45) is -9.87. The Bertz CT molecular complexity index is 1200. The fourth-order valence-corrected chi connectivity index (χ4v) is 5.46. The van der Waals surface area contributed by atoms with Crippen LogP contribution in [0.5, 0.6) is 5.75 Å². The first-order chi connectivity index (χ1) is 19.8. The van der Waals surface area contributed by atoms with Gasteiger partial charge in [0.1, 0.15) is 5.75 Å². The van der Waals surface area contributed by atoms with Crippen LogP contribution in [0.25, 0.3) is 0 Å². The highest BCUT2D eigenvalue weighted by molar-refractivity contribution is 5.95. The van der Waals surface area contributed by atoms with Gasteiger partial charge < -0.3 is 19.5 Å². The van der Waals surface area contributed by atoms with Crippen LogP contribution in [0.3, 0.4) is 0 Å². The van der Waals surface area contributed by atoms with E-state index in [-0.39, 0.29) is 30.8 Å². The number of carbonyl (C=O) groups excluding carboxylic acids is 1. The molecule has 4 rings (SSSR count). The average molecular weight is 604 g/mol. The summed E-state index contributed by atoms with van der Waals surface area (Å²) < 4.78 is 91.9. The van der Waals surface area contributed by atoms with Gasteiger partial charge in [-0.3, -0.25) is 14.6 Å². The van der Waals surface area contributed by atoms with Crippen LogP contribution in [0.15, 0.2) is 36.4 Å². The highest BCUT2D eigenvalue weighted by atomic mass is 19.4. The monoisotopic (exact) mass is 603 g/mol. The molecule has 2 aliphatic rings. The summed E-state index contributed by atoms with van der Waals surface area (Å²) in [6, 6.07) is 5.58. The number of ether oxygens (including phenoxy) is 2. The van der Waals surface area contributed by atoms with Crippen LogP contribution in [0.4, 0.5) is 26.3 Å². The molecule has 0 aliphatic carbocycles. The molecule has 0 bridgehead atoms. The van der Waals surface area contributed by atoms with Gasteiger partial charge in [-0.1, -0.05) is 12.1 Å². The largest absolute Gasteiger partial charge is 0.508 e. The summed E-state index contributed by atoms with van der Waals surface area (Å²) in [5.74, 6) is -0.844. The normalized spacial score (nSPS) is 21.1. The van der Waals surface area contributed by atoms with Crippen molar-refractivity contribution in [3.05, 3.63) is 64.2 Å². The minimum atomic E-state index is -5.06. The average Bonchev–Trinajstić information content (AvgIpc) is 2.93. The lowest BCUT2D eigenvalue weighted by molar-refractivity contribution is -0.143. The van der Waals surface area contributed by atoms with E-state index in [0.717, 1.165) is 6.54 Å². The molecule has 0 unspecified atom stereocenters. The number of carbonyl (C=O) groups is 1. The molecule has 42 heavy (non-hydrogen) atoms. The Morgan fingerprint density at radius 2 is 1.67 bits per heavy atom. The number of halogens is 6. The standard InChI is InChI=1S/C29H35F6N3O4/c1-19-3-4-20(12-26(19)39)11-24-16-36(5-7-37-9-10-42-18-25(37)17-41-2)6-8-38(24)27(40)21-13-22(28(30,31)32)15-23(14-21)29(33,34)35/h3-4,12-15,24-25,39H,5-11,16-18H2,1-2H3/t24-,25+/m1/s1. The van der Waals surface area contributed by atoms with Crippen molar-refractivity contribution < 1.29 is 45.7 Å². The molecule has 1 amide bonds. The van der Waals surface area contributed by atoms with Crippen LogP contribution >= 0.6 is 0 Å². The summed E-state index contributed by atoms with van der Waals surface area (Å²) in [6.45, 7) is 6.32. The van der Waals surface area contributed by atoms with Crippen LogP contribution in [0, 0.1) is 6.92 Å². The quantitative estimate of drug-likeness (QED) is 0.450. The van der Waals surface area contributed by atoms with Gasteiger partial charge in [-0.05, 0) is 48.7 Å². The third kappa shape index (κ3) is 7.94. The summed E-state index contributed by atoms with van der Waals surface area (Å²) in [7, 11) is 1.62. The topological polar surface area (TPSA) is 65.5 Å². The number of aryl methyl sites for hydroxylation is 1. The summed E-state index contributed by atoms with van der Waals surface area (Å²) >= 11 is 0. The minimum absolute atomic E-state index is 0.0176. The number of morpholine rings is 1. The van der Waals surface area contributed by atoms with Crippen molar-refractivity contribution in [2.24, 2.45) is 0 Å². The van der Waals surface area contributed by atoms with Crippen LogP contribution in [0.1, 0.15) is 32.6 Å². The van der Waals surface area contributed by atoms with E-state index < -0.39 is 41.0 Å². The van der Waals surface area contributed by atoms with Gasteiger partial charge in [0.2, 0.25) is 0 Å². The van der Waals surface area contributed by atoms with E-state index in [1.165, 1.54) is 4.90 Å². The number of benzene rings is 2. The second-order valence-corrected chi connectivity index (χ2v) is 10.8. The Labute approximate surface area is 240 Å². The third-order valence-corrected chi connectivity index (χ3v) is 7.82. The Morgan fingerprint density at radius 3 is 2.29 bits per heavy atom. The molecule has 232 valence electrons. The molecule has 2 fully saturated rings. The summed E-state index contributed by atoms with van der Waals surface area (Å²) in [4.78, 5) is 19.3. The van der Waals surface area contributed by atoms with Gasteiger partial charge in [0, 0.05) is 58.0 Å². The molecule has 0 radical (unpaired) electrons. The van der Waals surface area contributed by atoms with Gasteiger partial charge in [-0.25, -0.2) is 0 Å². The number of piperazine rings is 1. The predicted molar refractivity (Wildman–Crippen MR) is 142 cm³/mol. The van der Waals surface area contributed by atoms with E-state index in [1.807, 2.05) is 0 Å². The van der Waals surface area contributed by atoms with Gasteiger partial charge in [-0.15, -0.1) is 0 Å². The van der Waals surface area contributed by atoms with Crippen molar-refractivity contribution in [3.63, 3.8) is 0 Å². The van der Waals surface area contributed by atoms with Gasteiger partial charge in [-0.2, -0.15) is 26.3 Å². The van der Waals surface area contributed by atoms with Crippen LogP contribution in [-0.2, 0) is 28.2 Å². The zero-order valence-electron chi connectivity index (χ0n) is 23.5. The predicted octanol–water partition coefficient (Wildman–Crippen LogP) is 4.45. The summed E-state index contributed by atoms with van der Waals surface area (Å²) in [5.41, 5.74) is -2.39. The van der Waals surface area contributed by atoms with Gasteiger partial charge in [0.15, 0.2) is 0 Å². The molecule has 2 heterocycles. The van der Waals surface area contributed by atoms with Crippen LogP contribution in [0.2, 0.25) is 0 Å². The highest BCUT2D eigenvalue weighted by Crippen LogP contribution is 2.37. The minimum Gasteiger partial charge on any atom is -0.508 e. The molecular formula is C29H35F6N3O4. The van der Waals surface area contributed by atoms with E-state index in [1.54, 1.807) is 32.2 Å². The fraction of sp³-hybridized carbons (Fsp3) is 0.552. The number of hydrogen-bond donors (Lipinski definition) is 1. The number of aromatic hydroxyl groups is 1. The third-order valence-electron chi connectivity index (χ3n) is 7.82. The Kier molecular flexibility index (Phi) is 10.1. The number of hydrogen-bond acceptors (Lipinski definition) is 6. The first kappa shape index (κ1) is 32.1. The maximum atomic E-state index is 13.6. The zero-order valence-corrected chi connectivity index (χ0v) is 23.5. The molecule has 0 spiro atoms. The van der Waals surface area contributed by atoms with Crippen molar-refractivity contribution in [1.29, 1.82) is 0 Å². The SMILES string of the molecule is COC[C@H]1COCCN1CCN1CCN(C(=O)c2cc(C(F)(F)F)cc(C(F)(F)F)c2)[C@H](Cc2ccc(C)c(O)c2)C1. The second-order valence-electron chi connectivity index (χ2n) is 10.8. The highest BCUT2D eigenvalue weighted by Gasteiger charge is 2.39. The second kappa shape index (κ2) is 13.2. The number of phenols is 1. The fourth-order valence-electron chi connectivity index (χ4n) is 5.46. The maximum absolute atomic E-state index is 13.6. The van der Waals surface area contributed by atoms with E-state index in [0.29, 0.717) is 69.3 Å². The van der Waals surface area contributed by atoms with Crippen molar-refractivity contribution >= 4 is 5.91 Å². The number of alkyl halides is 6. The van der Waals surface area contributed by atoms with E-state index >= 15 is 0 Å². The van der Waals surface area contributed by atoms with E-state index in [9.17, 15) is 36.2 Å². The molecule has 7 nitrogen and oxygen atoms in total. The van der Waals surface area contributed by atoms with Crippen LogP contribution < -0.4 is 0 Å². The van der Waals surface area contributed by atoms with Crippen molar-refractivity contribution in [2.45, 2.75) is 37.8 Å². The van der Waals surface area contributed by atoms with Gasteiger partial charge in [0.05, 0.1) is 37.0 Å². The molecule has 2 aromatic carbocycles. The Morgan fingerprint density at radius 1 is 0.976 bits per heavy atom. The van der Waals surface area contributed by atoms with Crippen molar-refractivity contribution in [3.8, 4) is 5.75 Å². The van der Waals surface area contributed by atoms with Gasteiger partial charge in [0.25, 0.3) is 5.91 Å². The summed E-state index contributed by atoms with van der Waals surface area (Å²) in [5, 5.41) is 10.2. The Balaban J connectivity index is 1.58. The molecule has 2 aromatic rings. The smallest absolute Gasteiger partial charge is 0.416 e. The molecule has 0 saturated carbocycles.